The Kier molecular flexibility index (Phi) is 9.25. The van der Waals surface area contributed by atoms with E-state index in [1.165, 1.54) is 0 Å². The van der Waals surface area contributed by atoms with Gasteiger partial charge in [-0.05, 0) is 33.6 Å². The first kappa shape index (κ1) is 21.2. The van der Waals surface area contributed by atoms with Crippen molar-refractivity contribution >= 4 is 11.8 Å². The van der Waals surface area contributed by atoms with E-state index in [1.807, 2.05) is 0 Å². The zero-order valence-electron chi connectivity index (χ0n) is 13.3. The third kappa shape index (κ3) is 13.6. The highest BCUT2D eigenvalue weighted by molar-refractivity contribution is 5.95. The van der Waals surface area contributed by atoms with E-state index in [9.17, 15) is 19.7 Å². The summed E-state index contributed by atoms with van der Waals surface area (Å²) in [5, 5.41) is 25.5. The van der Waals surface area contributed by atoms with Crippen molar-refractivity contribution in [1.29, 1.82) is 0 Å². The van der Waals surface area contributed by atoms with Gasteiger partial charge >= 0.3 is 5.97 Å². The van der Waals surface area contributed by atoms with Crippen LogP contribution < -0.4 is 0 Å². The molecule has 0 aromatic heterocycles. The molecule has 0 aliphatic heterocycles. The first-order chi connectivity index (χ1) is 10.5. The Morgan fingerprint density at radius 2 is 1.91 bits per heavy atom. The predicted octanol–water partition coefficient (Wildman–Crippen LogP) is 1.05. The Hall–Kier alpha value is -1.82. The van der Waals surface area contributed by atoms with E-state index in [2.05, 4.69) is 9.68 Å². The molecule has 2 N–H and O–H groups in total. The van der Waals surface area contributed by atoms with Crippen molar-refractivity contribution in [2.24, 2.45) is 0 Å². The Morgan fingerprint density at radius 1 is 1.30 bits per heavy atom. The molecule has 0 rings (SSSR count). The van der Waals surface area contributed by atoms with E-state index < -0.39 is 34.8 Å². The molecule has 0 aliphatic rings. The summed E-state index contributed by atoms with van der Waals surface area (Å²) in [5.74, 6) is -0.998. The highest BCUT2D eigenvalue weighted by atomic mass is 17.1. The van der Waals surface area contributed by atoms with Crippen LogP contribution in [0.15, 0.2) is 0 Å². The van der Waals surface area contributed by atoms with Crippen LogP contribution in [0.25, 0.3) is 0 Å². The van der Waals surface area contributed by atoms with Crippen LogP contribution in [0.5, 0.6) is 0 Å². The molecule has 0 heterocycles. The SMILES string of the molecule is CC(C)(C)OC(=O)CC(=O)CCCC(CO[N+](=O)[O-])ON(O)O. The van der Waals surface area contributed by atoms with Crippen molar-refractivity contribution in [1.82, 2.24) is 5.39 Å². The fraction of sp³-hybridized carbons (Fsp3) is 0.833. The lowest BCUT2D eigenvalue weighted by atomic mass is 10.1. The molecule has 0 amide bonds. The van der Waals surface area contributed by atoms with Gasteiger partial charge in [0, 0.05) is 6.42 Å². The van der Waals surface area contributed by atoms with Crippen LogP contribution in [0.3, 0.4) is 0 Å². The lowest BCUT2D eigenvalue weighted by Crippen LogP contribution is -2.29. The fourth-order valence-corrected chi connectivity index (χ4v) is 1.60. The van der Waals surface area contributed by atoms with E-state index in [0.29, 0.717) is 0 Å². The number of carbonyl (C=O) groups excluding carboxylic acids is 2. The monoisotopic (exact) mass is 338 g/mol. The molecule has 0 fully saturated rings. The van der Waals surface area contributed by atoms with Crippen molar-refractivity contribution in [3.63, 3.8) is 0 Å². The van der Waals surface area contributed by atoms with Gasteiger partial charge in [0.25, 0.3) is 5.09 Å². The molecular formula is C12H22N2O9. The van der Waals surface area contributed by atoms with Gasteiger partial charge in [-0.3, -0.25) is 20.0 Å². The van der Waals surface area contributed by atoms with Gasteiger partial charge < -0.3 is 9.57 Å². The van der Waals surface area contributed by atoms with Gasteiger partial charge in [0.05, 0.1) is 5.39 Å². The van der Waals surface area contributed by atoms with Crippen molar-refractivity contribution < 1.29 is 39.5 Å². The molecule has 0 saturated carbocycles. The molecule has 0 radical (unpaired) electrons. The standard InChI is InChI=1S/C12H22N2O9/c1-12(2,3)22-11(16)7-9(15)5-4-6-10(23-14(19)20)8-21-13(17)18/h10,19-20H,4-8H2,1-3H3. The quantitative estimate of drug-likeness (QED) is 0.242. The third-order valence-corrected chi connectivity index (χ3v) is 2.35. The highest BCUT2D eigenvalue weighted by Gasteiger charge is 2.20. The summed E-state index contributed by atoms with van der Waals surface area (Å²) in [6, 6.07) is 0. The van der Waals surface area contributed by atoms with Gasteiger partial charge in [-0.25, -0.2) is 4.84 Å². The van der Waals surface area contributed by atoms with Gasteiger partial charge in [0.1, 0.15) is 30.5 Å². The van der Waals surface area contributed by atoms with Crippen molar-refractivity contribution in [2.75, 3.05) is 6.61 Å². The molecule has 1 atom stereocenters. The van der Waals surface area contributed by atoms with Gasteiger partial charge in [-0.2, -0.15) is 0 Å². The lowest BCUT2D eigenvalue weighted by Gasteiger charge is -2.19. The maximum Gasteiger partial charge on any atom is 0.313 e. The summed E-state index contributed by atoms with van der Waals surface area (Å²) in [6.45, 7) is 4.51. The van der Waals surface area contributed by atoms with Gasteiger partial charge in [0.15, 0.2) is 0 Å². The number of hydrogen-bond acceptors (Lipinski definition) is 10. The lowest BCUT2D eigenvalue weighted by molar-refractivity contribution is -0.760. The van der Waals surface area contributed by atoms with Crippen LogP contribution in [-0.4, -0.2) is 51.0 Å². The molecule has 23 heavy (non-hydrogen) atoms. The van der Waals surface area contributed by atoms with Crippen LogP contribution in [0, 0.1) is 10.1 Å². The minimum absolute atomic E-state index is 0.00836. The van der Waals surface area contributed by atoms with E-state index in [1.54, 1.807) is 20.8 Å². The second-order valence-corrected chi connectivity index (χ2v) is 5.69. The molecule has 11 nitrogen and oxygen atoms in total. The van der Waals surface area contributed by atoms with E-state index in [-0.39, 0.29) is 31.5 Å². The maximum absolute atomic E-state index is 11.6. The summed E-state index contributed by atoms with van der Waals surface area (Å²) in [7, 11) is 0. The first-order valence-corrected chi connectivity index (χ1v) is 6.85. The smallest absolute Gasteiger partial charge is 0.313 e. The fourth-order valence-electron chi connectivity index (χ4n) is 1.60. The average Bonchev–Trinajstić information content (AvgIpc) is 2.32. The predicted molar refractivity (Wildman–Crippen MR) is 72.6 cm³/mol. The van der Waals surface area contributed by atoms with Crippen LogP contribution in [0.2, 0.25) is 0 Å². The van der Waals surface area contributed by atoms with Crippen molar-refractivity contribution in [2.45, 2.75) is 58.2 Å². The zero-order valence-corrected chi connectivity index (χ0v) is 13.3. The summed E-state index contributed by atoms with van der Waals surface area (Å²) < 4.78 is 5.00. The number of ether oxygens (including phenoxy) is 1. The normalized spacial score (nSPS) is 12.8. The number of esters is 1. The topological polar surface area (TPSA) is 149 Å². The second-order valence-electron chi connectivity index (χ2n) is 5.69. The van der Waals surface area contributed by atoms with Crippen LogP contribution in [0.1, 0.15) is 46.5 Å². The molecule has 134 valence electrons. The Morgan fingerprint density at radius 3 is 2.39 bits per heavy atom. The van der Waals surface area contributed by atoms with Crippen molar-refractivity contribution in [3.8, 4) is 0 Å². The molecule has 0 bridgehead atoms. The summed E-state index contributed by atoms with van der Waals surface area (Å²) in [5.41, 5.74) is -0.679. The molecule has 0 saturated heterocycles. The molecule has 11 heteroatoms. The maximum atomic E-state index is 11.6. The highest BCUT2D eigenvalue weighted by Crippen LogP contribution is 2.11. The molecule has 0 aliphatic carbocycles. The number of ketones is 1. The minimum atomic E-state index is -1.05. The van der Waals surface area contributed by atoms with E-state index in [0.717, 1.165) is 0 Å². The summed E-state index contributed by atoms with van der Waals surface area (Å²) in [6.07, 6.45) is -1.12. The number of hydrogen-bond donors (Lipinski definition) is 2. The van der Waals surface area contributed by atoms with Crippen LogP contribution >= 0.6 is 0 Å². The first-order valence-electron chi connectivity index (χ1n) is 6.85. The summed E-state index contributed by atoms with van der Waals surface area (Å²) in [4.78, 5) is 41.7. The number of nitrogens with zero attached hydrogens (tertiary/aromatic N) is 2. The summed E-state index contributed by atoms with van der Waals surface area (Å²) >= 11 is 0. The number of Topliss-reactive ketones (excluding diaryl/α,β-unsaturated/α-hetero) is 1. The number of rotatable bonds is 11. The van der Waals surface area contributed by atoms with Gasteiger partial charge in [0.2, 0.25) is 0 Å². The Labute approximate surface area is 132 Å². The average molecular weight is 338 g/mol. The minimum Gasteiger partial charge on any atom is -0.460 e. The molecule has 0 aromatic carbocycles. The van der Waals surface area contributed by atoms with Crippen LogP contribution in [-0.2, 0) is 24.0 Å². The largest absolute Gasteiger partial charge is 0.460 e. The van der Waals surface area contributed by atoms with Crippen molar-refractivity contribution in [3.05, 3.63) is 10.1 Å². The van der Waals surface area contributed by atoms with Crippen LogP contribution in [0.4, 0.5) is 0 Å². The Bertz CT molecular complexity index is 406. The van der Waals surface area contributed by atoms with Gasteiger partial charge in [-0.15, -0.1) is 10.1 Å². The second kappa shape index (κ2) is 10.0. The molecular weight excluding hydrogens is 316 g/mol. The Balaban J connectivity index is 4.13. The third-order valence-electron chi connectivity index (χ3n) is 2.35. The van der Waals surface area contributed by atoms with Gasteiger partial charge in [-0.1, -0.05) is 0 Å². The molecule has 1 unspecified atom stereocenters. The number of carbonyl (C=O) groups is 2. The molecule has 0 aromatic rings. The molecule has 0 spiro atoms. The zero-order chi connectivity index (χ0) is 18.0. The van der Waals surface area contributed by atoms with E-state index in [4.69, 9.17) is 15.2 Å². The van der Waals surface area contributed by atoms with E-state index >= 15 is 0 Å².